The van der Waals surface area contributed by atoms with Crippen LogP contribution in [-0.4, -0.2) is 25.0 Å². The van der Waals surface area contributed by atoms with E-state index < -0.39 is 0 Å². The van der Waals surface area contributed by atoms with Crippen LogP contribution in [0.2, 0.25) is 0 Å². The topological polar surface area (TPSA) is 61.4 Å². The number of hydrogen-bond donors (Lipinski definition) is 2. The van der Waals surface area contributed by atoms with E-state index in [1.54, 1.807) is 4.90 Å². The van der Waals surface area contributed by atoms with Crippen molar-refractivity contribution in [3.63, 3.8) is 0 Å². The third-order valence-electron chi connectivity index (χ3n) is 4.40. The number of hydrogen-bond acceptors (Lipinski definition) is 2. The molecule has 1 heterocycles. The fourth-order valence-electron chi connectivity index (χ4n) is 3.12. The third kappa shape index (κ3) is 4.18. The van der Waals surface area contributed by atoms with Gasteiger partial charge >= 0.3 is 6.03 Å². The van der Waals surface area contributed by atoms with Gasteiger partial charge in [-0.15, -0.1) is 0 Å². The van der Waals surface area contributed by atoms with Crippen molar-refractivity contribution in [2.75, 3.05) is 23.3 Å². The lowest BCUT2D eigenvalue weighted by Gasteiger charge is -2.28. The molecule has 0 aromatic heterocycles. The van der Waals surface area contributed by atoms with Crippen LogP contribution in [-0.2, 0) is 17.6 Å². The highest BCUT2D eigenvalue weighted by Crippen LogP contribution is 2.30. The summed E-state index contributed by atoms with van der Waals surface area (Å²) < 4.78 is 0. The highest BCUT2D eigenvalue weighted by molar-refractivity contribution is 5.97. The predicted molar refractivity (Wildman–Crippen MR) is 100.0 cm³/mol. The molecule has 130 valence electrons. The number of anilines is 2. The van der Waals surface area contributed by atoms with Gasteiger partial charge in [-0.25, -0.2) is 4.79 Å². The monoisotopic (exact) mass is 337 g/mol. The summed E-state index contributed by atoms with van der Waals surface area (Å²) in [6.07, 6.45) is 2.04. The Morgan fingerprint density at radius 2 is 1.92 bits per heavy atom. The summed E-state index contributed by atoms with van der Waals surface area (Å²) in [5.41, 5.74) is 4.00. The van der Waals surface area contributed by atoms with Crippen molar-refractivity contribution in [1.82, 2.24) is 5.32 Å². The number of carbonyl (C=O) groups excluding carboxylic acids is 2. The first-order valence-electron chi connectivity index (χ1n) is 8.69. The molecule has 1 aliphatic heterocycles. The minimum Gasteiger partial charge on any atom is -0.338 e. The molecule has 0 spiro atoms. The Morgan fingerprint density at radius 3 is 2.68 bits per heavy atom. The molecule has 0 radical (unpaired) electrons. The van der Waals surface area contributed by atoms with Crippen LogP contribution in [0.5, 0.6) is 0 Å². The molecule has 3 rings (SSSR count). The van der Waals surface area contributed by atoms with Gasteiger partial charge in [-0.05, 0) is 49.1 Å². The van der Waals surface area contributed by atoms with Crippen molar-refractivity contribution in [3.05, 3.63) is 59.7 Å². The quantitative estimate of drug-likeness (QED) is 0.879. The summed E-state index contributed by atoms with van der Waals surface area (Å²) in [6, 6.07) is 15.6. The number of urea groups is 1. The van der Waals surface area contributed by atoms with E-state index in [-0.39, 0.29) is 11.9 Å². The molecule has 0 fully saturated rings. The van der Waals surface area contributed by atoms with Gasteiger partial charge in [0.15, 0.2) is 0 Å². The zero-order valence-electron chi connectivity index (χ0n) is 14.4. The summed E-state index contributed by atoms with van der Waals surface area (Å²) in [5.74, 6) is 0.161. The first-order chi connectivity index (χ1) is 12.2. The molecule has 25 heavy (non-hydrogen) atoms. The first kappa shape index (κ1) is 17.0. The van der Waals surface area contributed by atoms with Crippen LogP contribution in [0.15, 0.2) is 48.5 Å². The molecule has 3 amide bonds. The van der Waals surface area contributed by atoms with Gasteiger partial charge < -0.3 is 15.5 Å². The molecular weight excluding hydrogens is 314 g/mol. The minimum atomic E-state index is -0.213. The van der Waals surface area contributed by atoms with E-state index in [0.717, 1.165) is 29.8 Å². The number of fused-ring (bicyclic) bond motifs is 1. The molecule has 0 unspecified atom stereocenters. The Balaban J connectivity index is 1.56. The maximum Gasteiger partial charge on any atom is 0.319 e. The maximum absolute atomic E-state index is 12.1. The Labute approximate surface area is 148 Å². The zero-order valence-corrected chi connectivity index (χ0v) is 14.4. The molecule has 2 aromatic carbocycles. The first-order valence-corrected chi connectivity index (χ1v) is 8.69. The second-order valence-electron chi connectivity index (χ2n) is 6.10. The smallest absolute Gasteiger partial charge is 0.319 e. The fourth-order valence-corrected chi connectivity index (χ4v) is 3.12. The van der Waals surface area contributed by atoms with E-state index in [2.05, 4.69) is 10.6 Å². The van der Waals surface area contributed by atoms with Crippen molar-refractivity contribution < 1.29 is 9.59 Å². The van der Waals surface area contributed by atoms with E-state index in [9.17, 15) is 9.59 Å². The summed E-state index contributed by atoms with van der Waals surface area (Å²) in [4.78, 5) is 25.8. The number of nitrogens with one attached hydrogen (secondary N) is 2. The Bertz CT molecular complexity index is 759. The molecular formula is C20H23N3O2. The van der Waals surface area contributed by atoms with Crippen LogP contribution in [0.1, 0.15) is 24.5 Å². The minimum absolute atomic E-state index is 0.161. The van der Waals surface area contributed by atoms with Crippen molar-refractivity contribution in [3.8, 4) is 0 Å². The molecule has 2 N–H and O–H groups in total. The highest BCUT2D eigenvalue weighted by Gasteiger charge is 2.22. The van der Waals surface area contributed by atoms with E-state index in [1.807, 2.05) is 55.5 Å². The molecule has 5 heteroatoms. The summed E-state index contributed by atoms with van der Waals surface area (Å²) >= 11 is 0. The lowest BCUT2D eigenvalue weighted by molar-refractivity contribution is -0.118. The second kappa shape index (κ2) is 7.83. The molecule has 2 aromatic rings. The van der Waals surface area contributed by atoms with E-state index in [4.69, 9.17) is 0 Å². The summed E-state index contributed by atoms with van der Waals surface area (Å²) in [5, 5.41) is 5.74. The van der Waals surface area contributed by atoms with Crippen LogP contribution in [0.3, 0.4) is 0 Å². The Hall–Kier alpha value is -2.82. The molecule has 0 saturated heterocycles. The SMILES string of the molecule is CCN1C(=O)CCc2cc(NC(=O)NCCc3ccccc3)ccc21. The highest BCUT2D eigenvalue weighted by atomic mass is 16.2. The molecule has 5 nitrogen and oxygen atoms in total. The van der Waals surface area contributed by atoms with Gasteiger partial charge in [-0.1, -0.05) is 30.3 Å². The Morgan fingerprint density at radius 1 is 1.12 bits per heavy atom. The number of aryl methyl sites for hydroxylation is 1. The molecule has 0 saturated carbocycles. The molecule has 0 atom stereocenters. The third-order valence-corrected chi connectivity index (χ3v) is 4.40. The van der Waals surface area contributed by atoms with Crippen LogP contribution in [0.4, 0.5) is 16.2 Å². The largest absolute Gasteiger partial charge is 0.338 e. The van der Waals surface area contributed by atoms with Gasteiger partial charge in [0.1, 0.15) is 0 Å². The van der Waals surface area contributed by atoms with Crippen LogP contribution < -0.4 is 15.5 Å². The van der Waals surface area contributed by atoms with Gasteiger partial charge in [0.25, 0.3) is 0 Å². The fraction of sp³-hybridized carbons (Fsp3) is 0.300. The van der Waals surface area contributed by atoms with E-state index in [0.29, 0.717) is 19.5 Å². The van der Waals surface area contributed by atoms with Gasteiger partial charge in [0.2, 0.25) is 5.91 Å². The average molecular weight is 337 g/mol. The number of amides is 3. The van der Waals surface area contributed by atoms with Crippen molar-refractivity contribution in [1.29, 1.82) is 0 Å². The number of nitrogens with zero attached hydrogens (tertiary/aromatic N) is 1. The molecule has 0 bridgehead atoms. The van der Waals surface area contributed by atoms with Gasteiger partial charge in [-0.2, -0.15) is 0 Å². The number of benzene rings is 2. The summed E-state index contributed by atoms with van der Waals surface area (Å²) in [6.45, 7) is 3.22. The number of carbonyl (C=O) groups is 2. The lowest BCUT2D eigenvalue weighted by atomic mass is 10.0. The van der Waals surface area contributed by atoms with Crippen LogP contribution in [0, 0.1) is 0 Å². The van der Waals surface area contributed by atoms with Crippen LogP contribution in [0.25, 0.3) is 0 Å². The van der Waals surface area contributed by atoms with E-state index >= 15 is 0 Å². The van der Waals surface area contributed by atoms with Gasteiger partial charge in [0, 0.05) is 30.9 Å². The maximum atomic E-state index is 12.1. The van der Waals surface area contributed by atoms with Gasteiger partial charge in [0.05, 0.1) is 0 Å². The Kier molecular flexibility index (Phi) is 5.33. The average Bonchev–Trinajstić information content (AvgIpc) is 2.62. The predicted octanol–water partition coefficient (Wildman–Crippen LogP) is 3.35. The molecule has 1 aliphatic rings. The van der Waals surface area contributed by atoms with E-state index in [1.165, 1.54) is 5.56 Å². The molecule has 0 aliphatic carbocycles. The van der Waals surface area contributed by atoms with Crippen LogP contribution >= 0.6 is 0 Å². The lowest BCUT2D eigenvalue weighted by Crippen LogP contribution is -2.35. The van der Waals surface area contributed by atoms with Crippen molar-refractivity contribution >= 4 is 23.3 Å². The second-order valence-corrected chi connectivity index (χ2v) is 6.10. The summed E-state index contributed by atoms with van der Waals surface area (Å²) in [7, 11) is 0. The van der Waals surface area contributed by atoms with Crippen molar-refractivity contribution in [2.45, 2.75) is 26.2 Å². The van der Waals surface area contributed by atoms with Crippen molar-refractivity contribution in [2.24, 2.45) is 0 Å². The normalized spacial score (nSPS) is 13.3. The standard InChI is InChI=1S/C20H23N3O2/c1-2-23-18-10-9-17(14-16(18)8-11-19(23)24)22-20(25)21-13-12-15-6-4-3-5-7-15/h3-7,9-10,14H,2,8,11-13H2,1H3,(H2,21,22,25). The van der Waals surface area contributed by atoms with Gasteiger partial charge in [-0.3, -0.25) is 4.79 Å². The number of rotatable bonds is 5. The zero-order chi connectivity index (χ0) is 17.6.